The molecule has 1 aliphatic heterocycles. The molecule has 0 saturated carbocycles. The van der Waals surface area contributed by atoms with Crippen LogP contribution in [0, 0.1) is 0 Å². The van der Waals surface area contributed by atoms with Crippen molar-refractivity contribution in [2.45, 2.75) is 38.1 Å². The van der Waals surface area contributed by atoms with Crippen LogP contribution in [-0.2, 0) is 34.3 Å². The maximum Gasteiger partial charge on any atom is 0.407 e. The molecule has 0 radical (unpaired) electrons. The smallest absolute Gasteiger partial charge is 0.407 e. The van der Waals surface area contributed by atoms with Gasteiger partial charge < -0.3 is 20.9 Å². The predicted octanol–water partition coefficient (Wildman–Crippen LogP) is 3.04. The fourth-order valence-corrected chi connectivity index (χ4v) is 6.63. The van der Waals surface area contributed by atoms with Gasteiger partial charge in [-0.05, 0) is 36.3 Å². The Kier molecular flexibility index (Phi) is 9.22. The topological polar surface area (TPSA) is 160 Å². The Balaban J connectivity index is 1.38. The third-order valence-electron chi connectivity index (χ3n) is 6.71. The highest BCUT2D eigenvalue weighted by atomic mass is 32.2. The number of pyridine rings is 1. The summed E-state index contributed by atoms with van der Waals surface area (Å²) in [6.07, 6.45) is 6.35. The van der Waals surface area contributed by atoms with E-state index in [1.54, 1.807) is 48.3 Å². The number of carbonyl (C=O) groups excluding carboxylic acids is 1. The van der Waals surface area contributed by atoms with Crippen LogP contribution in [0.5, 0.6) is 0 Å². The molecule has 0 fully saturated rings. The van der Waals surface area contributed by atoms with Crippen LogP contribution in [0.3, 0.4) is 0 Å². The van der Waals surface area contributed by atoms with E-state index in [1.165, 1.54) is 21.7 Å². The quantitative estimate of drug-likeness (QED) is 0.284. The summed E-state index contributed by atoms with van der Waals surface area (Å²) >= 11 is 1.35. The second-order valence-electron chi connectivity index (χ2n) is 9.73. The fraction of sp³-hybridized carbons (Fsp3) is 0.241. The van der Waals surface area contributed by atoms with E-state index in [2.05, 4.69) is 20.3 Å². The first kappa shape index (κ1) is 29.3. The number of sulfonamides is 1. The number of benzene rings is 1. The van der Waals surface area contributed by atoms with Gasteiger partial charge in [0.2, 0.25) is 10.0 Å². The summed E-state index contributed by atoms with van der Waals surface area (Å²) in [5, 5.41) is 14.2. The van der Waals surface area contributed by atoms with Gasteiger partial charge in [0.05, 0.1) is 45.4 Å². The minimum atomic E-state index is -4.09. The molecule has 3 heterocycles. The minimum Gasteiger partial charge on any atom is -0.444 e. The Hall–Kier alpha value is -4.17. The minimum absolute atomic E-state index is 0.0255. The van der Waals surface area contributed by atoms with Gasteiger partial charge in [0.15, 0.2) is 0 Å². The molecule has 0 spiro atoms. The Morgan fingerprint density at radius 1 is 1.17 bits per heavy atom. The van der Waals surface area contributed by atoms with Crippen LogP contribution >= 0.6 is 11.3 Å². The van der Waals surface area contributed by atoms with Gasteiger partial charge in [0.1, 0.15) is 12.4 Å². The molecule has 13 heteroatoms. The van der Waals surface area contributed by atoms with Gasteiger partial charge in [-0.1, -0.05) is 42.5 Å². The van der Waals surface area contributed by atoms with Gasteiger partial charge in [-0.15, -0.1) is 11.3 Å². The second-order valence-corrected chi connectivity index (χ2v) is 12.7. The standard InChI is InChI=1S/C29H30N6O5S2/c30-28-13-21-9-10-24(14-25(21)33-28)42(38,39)35(16-22-8-4-5-11-32-22)17-27(36)26(12-20-6-2-1-3-7-20)34-29(37)40-18-23-15-31-19-41-23/h1-11,13,15,19,26-27,36H,12,14,16-18,30H2,(H,34,37). The lowest BCUT2D eigenvalue weighted by molar-refractivity contribution is 0.0882. The number of allylic oxidation sites excluding steroid dienone is 5. The number of thiazole rings is 1. The largest absolute Gasteiger partial charge is 0.444 e. The van der Waals surface area contributed by atoms with E-state index in [0.717, 1.165) is 16.0 Å². The Morgan fingerprint density at radius 3 is 2.71 bits per heavy atom. The Morgan fingerprint density at radius 2 is 1.98 bits per heavy atom. The van der Waals surface area contributed by atoms with Crippen molar-refractivity contribution in [3.8, 4) is 0 Å². The molecule has 2 unspecified atom stereocenters. The first-order chi connectivity index (χ1) is 20.3. The molecule has 1 amide bonds. The van der Waals surface area contributed by atoms with Gasteiger partial charge in [-0.3, -0.25) is 9.97 Å². The molecule has 2 aromatic heterocycles. The molecule has 0 bridgehead atoms. The van der Waals surface area contributed by atoms with Gasteiger partial charge in [0.25, 0.3) is 0 Å². The van der Waals surface area contributed by atoms with Crippen LogP contribution in [0.15, 0.2) is 106 Å². The molecular formula is C29H30N6O5S2. The van der Waals surface area contributed by atoms with E-state index in [-0.39, 0.29) is 37.4 Å². The zero-order valence-electron chi connectivity index (χ0n) is 22.5. The average Bonchev–Trinajstić information content (AvgIpc) is 3.65. The summed E-state index contributed by atoms with van der Waals surface area (Å²) in [7, 11) is -4.09. The fourth-order valence-electron chi connectivity index (χ4n) is 4.58. The SMILES string of the molecule is NC1=CC2=CC=C(S(=O)(=O)N(Cc3ccccn3)CC(O)C(Cc3ccccc3)NC(=O)OCc3cncs3)CC2=N1. The van der Waals surface area contributed by atoms with Crippen molar-refractivity contribution in [3.05, 3.63) is 117 Å². The molecule has 1 aromatic carbocycles. The van der Waals surface area contributed by atoms with Gasteiger partial charge in [0, 0.05) is 30.9 Å². The summed E-state index contributed by atoms with van der Waals surface area (Å²) in [5.41, 5.74) is 10.1. The van der Waals surface area contributed by atoms with Gasteiger partial charge >= 0.3 is 6.09 Å². The van der Waals surface area contributed by atoms with Crippen molar-refractivity contribution in [2.75, 3.05) is 6.54 Å². The Labute approximate surface area is 247 Å². The number of alkyl carbamates (subject to hydrolysis) is 1. The third kappa shape index (κ3) is 7.36. The first-order valence-electron chi connectivity index (χ1n) is 13.2. The number of aliphatic hydroxyl groups excluding tert-OH is 1. The van der Waals surface area contributed by atoms with E-state index >= 15 is 0 Å². The van der Waals surface area contributed by atoms with Crippen molar-refractivity contribution < 1.29 is 23.1 Å². The maximum atomic E-state index is 14.0. The summed E-state index contributed by atoms with van der Waals surface area (Å²) in [4.78, 5) is 26.2. The molecule has 3 aromatic rings. The van der Waals surface area contributed by atoms with Crippen molar-refractivity contribution in [2.24, 2.45) is 10.7 Å². The number of nitrogens with one attached hydrogen (secondary N) is 1. The zero-order valence-corrected chi connectivity index (χ0v) is 24.2. The summed E-state index contributed by atoms with van der Waals surface area (Å²) in [6.45, 7) is -0.376. The number of amides is 1. The van der Waals surface area contributed by atoms with Crippen LogP contribution in [0.2, 0.25) is 0 Å². The van der Waals surface area contributed by atoms with Crippen molar-refractivity contribution in [1.29, 1.82) is 0 Å². The molecule has 0 saturated heterocycles. The summed E-state index contributed by atoms with van der Waals surface area (Å²) < 4.78 is 34.5. The number of nitrogens with two attached hydrogens (primary N) is 1. The number of hydrogen-bond acceptors (Lipinski definition) is 10. The van der Waals surface area contributed by atoms with E-state index in [4.69, 9.17) is 10.5 Å². The van der Waals surface area contributed by atoms with Crippen LogP contribution in [0.25, 0.3) is 0 Å². The van der Waals surface area contributed by atoms with E-state index in [9.17, 15) is 18.3 Å². The van der Waals surface area contributed by atoms with Crippen LogP contribution in [0.4, 0.5) is 4.79 Å². The van der Waals surface area contributed by atoms with E-state index in [0.29, 0.717) is 17.2 Å². The number of aliphatic hydroxyl groups is 1. The number of aromatic nitrogens is 2. The molecule has 1 aliphatic carbocycles. The van der Waals surface area contributed by atoms with Crippen molar-refractivity contribution in [3.63, 3.8) is 0 Å². The number of ether oxygens (including phenoxy) is 1. The lowest BCUT2D eigenvalue weighted by Gasteiger charge is -2.30. The highest BCUT2D eigenvalue weighted by molar-refractivity contribution is 7.93. The van der Waals surface area contributed by atoms with Crippen LogP contribution < -0.4 is 11.1 Å². The summed E-state index contributed by atoms with van der Waals surface area (Å²) in [6, 6.07) is 13.6. The monoisotopic (exact) mass is 606 g/mol. The Bertz CT molecular complexity index is 1620. The van der Waals surface area contributed by atoms with Crippen LogP contribution in [0.1, 0.15) is 22.6 Å². The molecule has 42 heavy (non-hydrogen) atoms. The van der Waals surface area contributed by atoms with Gasteiger partial charge in [-0.25, -0.2) is 18.2 Å². The number of aliphatic imine (C=N–C) groups is 1. The maximum absolute atomic E-state index is 14.0. The molecule has 2 atom stereocenters. The lowest BCUT2D eigenvalue weighted by atomic mass is 10.0. The number of hydrogen-bond donors (Lipinski definition) is 3. The molecular weight excluding hydrogens is 576 g/mol. The van der Waals surface area contributed by atoms with Crippen LogP contribution in [-0.4, -0.2) is 58.3 Å². The summed E-state index contributed by atoms with van der Waals surface area (Å²) in [5.74, 6) is 0.320. The number of nitrogens with zero attached hydrogens (tertiary/aromatic N) is 4. The normalized spacial score (nSPS) is 16.0. The average molecular weight is 607 g/mol. The second kappa shape index (κ2) is 13.2. The zero-order chi connectivity index (χ0) is 29.5. The molecule has 4 N–H and O–H groups in total. The molecule has 2 aliphatic rings. The van der Waals surface area contributed by atoms with Crippen molar-refractivity contribution >= 4 is 33.2 Å². The molecule has 11 nitrogen and oxygen atoms in total. The molecule has 5 rings (SSSR count). The van der Waals surface area contributed by atoms with E-state index in [1.807, 2.05) is 30.3 Å². The highest BCUT2D eigenvalue weighted by Gasteiger charge is 2.34. The lowest BCUT2D eigenvalue weighted by Crippen LogP contribution is -2.50. The number of rotatable bonds is 12. The predicted molar refractivity (Wildman–Crippen MR) is 159 cm³/mol. The first-order valence-corrected chi connectivity index (χ1v) is 15.5. The highest BCUT2D eigenvalue weighted by Crippen LogP contribution is 2.29. The van der Waals surface area contributed by atoms with E-state index < -0.39 is 28.3 Å². The van der Waals surface area contributed by atoms with Crippen molar-refractivity contribution in [1.82, 2.24) is 19.6 Å². The van der Waals surface area contributed by atoms with Gasteiger partial charge in [-0.2, -0.15) is 4.31 Å². The molecule has 218 valence electrons. The number of fused-ring (bicyclic) bond motifs is 1. The number of carbonyl (C=O) groups is 1. The third-order valence-corrected chi connectivity index (χ3v) is 9.37.